The highest BCUT2D eigenvalue weighted by atomic mass is 32.2. The number of benzene rings is 3. The largest absolute Gasteiger partial charge is 0.368 e. The number of non-ortho nitro benzene ring substituents is 1. The minimum absolute atomic E-state index is 0.0957. The summed E-state index contributed by atoms with van der Waals surface area (Å²) in [6, 6.07) is 16.9. The maximum atomic E-state index is 13.1. The number of rotatable bonds is 6. The molecule has 11 heteroatoms. The van der Waals surface area contributed by atoms with Crippen LogP contribution in [-0.2, 0) is 10.0 Å². The zero-order valence-corrected chi connectivity index (χ0v) is 18.7. The number of nitrogens with zero attached hydrogens (tertiary/aromatic N) is 3. The molecule has 1 fully saturated rings. The van der Waals surface area contributed by atoms with Crippen molar-refractivity contribution in [1.29, 1.82) is 0 Å². The molecule has 0 unspecified atom stereocenters. The third-order valence-electron chi connectivity index (χ3n) is 5.48. The predicted molar refractivity (Wildman–Crippen MR) is 125 cm³/mol. The first kappa shape index (κ1) is 23.2. The van der Waals surface area contributed by atoms with Crippen LogP contribution in [0.25, 0.3) is 0 Å². The summed E-state index contributed by atoms with van der Waals surface area (Å²) in [7, 11) is -4.01. The number of halogens is 1. The summed E-state index contributed by atoms with van der Waals surface area (Å²) in [6.45, 7) is 2.01. The number of carbonyl (C=O) groups excluding carboxylic acids is 1. The van der Waals surface area contributed by atoms with Gasteiger partial charge in [0.05, 0.1) is 9.82 Å². The first-order valence-electron chi connectivity index (χ1n) is 10.4. The van der Waals surface area contributed by atoms with Crippen molar-refractivity contribution in [1.82, 2.24) is 4.90 Å². The number of hydrogen-bond donors (Lipinski definition) is 1. The Kier molecular flexibility index (Phi) is 6.46. The van der Waals surface area contributed by atoms with Gasteiger partial charge in [0.2, 0.25) is 0 Å². The van der Waals surface area contributed by atoms with E-state index in [1.165, 1.54) is 54.6 Å². The molecule has 3 aromatic carbocycles. The van der Waals surface area contributed by atoms with Gasteiger partial charge in [0.25, 0.3) is 21.6 Å². The molecule has 176 valence electrons. The van der Waals surface area contributed by atoms with Gasteiger partial charge in [-0.3, -0.25) is 19.6 Å². The Morgan fingerprint density at radius 1 is 0.941 bits per heavy atom. The summed E-state index contributed by atoms with van der Waals surface area (Å²) < 4.78 is 41.1. The Labute approximate surface area is 195 Å². The van der Waals surface area contributed by atoms with Gasteiger partial charge in [0.15, 0.2) is 0 Å². The molecule has 0 spiro atoms. The second-order valence-corrected chi connectivity index (χ2v) is 9.38. The van der Waals surface area contributed by atoms with Crippen molar-refractivity contribution in [3.63, 3.8) is 0 Å². The highest BCUT2D eigenvalue weighted by molar-refractivity contribution is 7.92. The van der Waals surface area contributed by atoms with Gasteiger partial charge in [-0.05, 0) is 54.6 Å². The maximum absolute atomic E-state index is 13.1. The van der Waals surface area contributed by atoms with E-state index in [0.29, 0.717) is 26.2 Å². The number of sulfonamides is 1. The minimum Gasteiger partial charge on any atom is -0.368 e. The summed E-state index contributed by atoms with van der Waals surface area (Å²) in [5, 5.41) is 10.8. The van der Waals surface area contributed by atoms with E-state index < -0.39 is 14.9 Å². The normalized spacial score (nSPS) is 14.0. The van der Waals surface area contributed by atoms with E-state index in [2.05, 4.69) is 9.62 Å². The summed E-state index contributed by atoms with van der Waals surface area (Å²) in [4.78, 5) is 26.8. The Hall–Kier alpha value is -3.99. The molecule has 34 heavy (non-hydrogen) atoms. The Morgan fingerprint density at radius 2 is 1.59 bits per heavy atom. The van der Waals surface area contributed by atoms with E-state index in [9.17, 15) is 27.7 Å². The molecular formula is C23H21FN4O5S. The Morgan fingerprint density at radius 3 is 2.21 bits per heavy atom. The molecule has 1 amide bonds. The molecular weight excluding hydrogens is 463 g/mol. The highest BCUT2D eigenvalue weighted by Crippen LogP contribution is 2.22. The van der Waals surface area contributed by atoms with E-state index in [4.69, 9.17) is 0 Å². The summed E-state index contributed by atoms with van der Waals surface area (Å²) >= 11 is 0. The lowest BCUT2D eigenvalue weighted by atomic mass is 10.1. The van der Waals surface area contributed by atoms with Crippen LogP contribution in [0.3, 0.4) is 0 Å². The second-order valence-electron chi connectivity index (χ2n) is 7.69. The van der Waals surface area contributed by atoms with Gasteiger partial charge >= 0.3 is 0 Å². The topological polar surface area (TPSA) is 113 Å². The van der Waals surface area contributed by atoms with Crippen molar-refractivity contribution in [2.24, 2.45) is 0 Å². The van der Waals surface area contributed by atoms with Crippen molar-refractivity contribution in [3.8, 4) is 0 Å². The van der Waals surface area contributed by atoms with E-state index in [1.54, 1.807) is 23.1 Å². The van der Waals surface area contributed by atoms with Crippen LogP contribution in [0.4, 0.5) is 21.5 Å². The van der Waals surface area contributed by atoms with Gasteiger partial charge < -0.3 is 9.80 Å². The molecule has 0 radical (unpaired) electrons. The van der Waals surface area contributed by atoms with Crippen LogP contribution in [0.2, 0.25) is 0 Å². The number of hydrogen-bond acceptors (Lipinski definition) is 6. The number of piperazine rings is 1. The average Bonchev–Trinajstić information content (AvgIpc) is 2.84. The standard InChI is InChI=1S/C23H21FN4O5S/c24-18-4-8-20(9-5-18)26-12-14-27(15-13-26)23(29)17-2-1-3-22(16-17)34(32,33)25-19-6-10-21(11-7-19)28(30)31/h1-11,16,25H,12-15H2. The monoisotopic (exact) mass is 484 g/mol. The summed E-state index contributed by atoms with van der Waals surface area (Å²) in [5.41, 5.74) is 1.12. The first-order valence-corrected chi connectivity index (χ1v) is 11.9. The molecule has 0 atom stereocenters. The van der Waals surface area contributed by atoms with Gasteiger partial charge in [0.1, 0.15) is 5.82 Å². The van der Waals surface area contributed by atoms with Crippen molar-refractivity contribution in [2.75, 3.05) is 35.8 Å². The van der Waals surface area contributed by atoms with Gasteiger partial charge in [-0.15, -0.1) is 0 Å². The first-order chi connectivity index (χ1) is 16.2. The number of carbonyl (C=O) groups is 1. The lowest BCUT2D eigenvalue weighted by molar-refractivity contribution is -0.384. The Bertz CT molecular complexity index is 1310. The van der Waals surface area contributed by atoms with Gasteiger partial charge in [-0.25, -0.2) is 12.8 Å². The third kappa shape index (κ3) is 5.15. The van der Waals surface area contributed by atoms with Crippen LogP contribution >= 0.6 is 0 Å². The van der Waals surface area contributed by atoms with Crippen molar-refractivity contribution < 1.29 is 22.5 Å². The number of nitro benzene ring substituents is 1. The molecule has 0 aromatic heterocycles. The molecule has 1 saturated heterocycles. The van der Waals surface area contributed by atoms with Crippen molar-refractivity contribution in [3.05, 3.63) is 94.3 Å². The number of nitrogens with one attached hydrogen (secondary N) is 1. The predicted octanol–water partition coefficient (Wildman–Crippen LogP) is 3.50. The molecule has 1 heterocycles. The number of nitro groups is 1. The van der Waals surface area contributed by atoms with Crippen LogP contribution in [0.5, 0.6) is 0 Å². The molecule has 1 N–H and O–H groups in total. The zero-order valence-electron chi connectivity index (χ0n) is 17.9. The fraction of sp³-hybridized carbons (Fsp3) is 0.174. The summed E-state index contributed by atoms with van der Waals surface area (Å²) in [5.74, 6) is -0.596. The van der Waals surface area contributed by atoms with Crippen LogP contribution in [-0.4, -0.2) is 50.3 Å². The molecule has 0 bridgehead atoms. The second kappa shape index (κ2) is 9.48. The van der Waals surface area contributed by atoms with Gasteiger partial charge in [-0.2, -0.15) is 0 Å². The SMILES string of the molecule is O=C(c1cccc(S(=O)(=O)Nc2ccc([N+](=O)[O-])cc2)c1)N1CCN(c2ccc(F)cc2)CC1. The highest BCUT2D eigenvalue weighted by Gasteiger charge is 2.24. The van der Waals surface area contributed by atoms with E-state index in [0.717, 1.165) is 5.69 Å². The molecule has 4 rings (SSSR count). The molecule has 0 saturated carbocycles. The Balaban J connectivity index is 1.43. The lowest BCUT2D eigenvalue weighted by Crippen LogP contribution is -2.48. The lowest BCUT2D eigenvalue weighted by Gasteiger charge is -2.36. The molecule has 0 aliphatic carbocycles. The fourth-order valence-corrected chi connectivity index (χ4v) is 4.77. The molecule has 1 aliphatic rings. The van der Waals surface area contributed by atoms with Gasteiger partial charge in [-0.1, -0.05) is 6.07 Å². The number of anilines is 2. The van der Waals surface area contributed by atoms with Crippen LogP contribution in [0.15, 0.2) is 77.7 Å². The van der Waals surface area contributed by atoms with E-state index >= 15 is 0 Å². The van der Waals surface area contributed by atoms with Crippen LogP contribution in [0, 0.1) is 15.9 Å². The average molecular weight is 485 g/mol. The summed E-state index contributed by atoms with van der Waals surface area (Å²) in [6.07, 6.45) is 0. The number of amides is 1. The van der Waals surface area contributed by atoms with Gasteiger partial charge in [0, 0.05) is 55.2 Å². The van der Waals surface area contributed by atoms with E-state index in [1.807, 2.05) is 0 Å². The quantitative estimate of drug-likeness (QED) is 0.423. The molecule has 1 aliphatic heterocycles. The minimum atomic E-state index is -4.01. The van der Waals surface area contributed by atoms with Crippen LogP contribution in [0.1, 0.15) is 10.4 Å². The molecule has 3 aromatic rings. The zero-order chi connectivity index (χ0) is 24.3. The third-order valence-corrected chi connectivity index (χ3v) is 6.86. The molecule has 9 nitrogen and oxygen atoms in total. The maximum Gasteiger partial charge on any atom is 0.269 e. The van der Waals surface area contributed by atoms with Crippen LogP contribution < -0.4 is 9.62 Å². The fourth-order valence-electron chi connectivity index (χ4n) is 3.66. The smallest absolute Gasteiger partial charge is 0.269 e. The van der Waals surface area contributed by atoms with Crippen molar-refractivity contribution >= 4 is 33.0 Å². The van der Waals surface area contributed by atoms with E-state index in [-0.39, 0.29) is 33.6 Å². The van der Waals surface area contributed by atoms with Crippen molar-refractivity contribution in [2.45, 2.75) is 4.90 Å².